The lowest BCUT2D eigenvalue weighted by atomic mass is 9.81. The molecule has 4 rings (SSSR count). The van der Waals surface area contributed by atoms with Gasteiger partial charge in [-0.2, -0.15) is 17.9 Å². The van der Waals surface area contributed by atoms with Crippen molar-refractivity contribution in [1.82, 2.24) is 9.71 Å². The maximum atomic E-state index is 13.8. The molecule has 1 unspecified atom stereocenters. The van der Waals surface area contributed by atoms with Crippen molar-refractivity contribution < 1.29 is 26.0 Å². The van der Waals surface area contributed by atoms with Crippen molar-refractivity contribution in [3.63, 3.8) is 0 Å². The second kappa shape index (κ2) is 10.2. The second-order valence-electron chi connectivity index (χ2n) is 8.55. The number of halogens is 5. The minimum Gasteiger partial charge on any atom is -0.259 e. The van der Waals surface area contributed by atoms with E-state index in [0.29, 0.717) is 5.56 Å². The van der Waals surface area contributed by atoms with Gasteiger partial charge in [0.1, 0.15) is 11.4 Å². The Hall–Kier alpha value is -3.27. The van der Waals surface area contributed by atoms with Crippen LogP contribution in [-0.2, 0) is 28.2 Å². The Kier molecular flexibility index (Phi) is 7.41. The molecule has 0 fully saturated rings. The first kappa shape index (κ1) is 26.8. The van der Waals surface area contributed by atoms with E-state index in [9.17, 15) is 26.0 Å². The van der Waals surface area contributed by atoms with Gasteiger partial charge in [-0.05, 0) is 60.0 Å². The third-order valence-electron chi connectivity index (χ3n) is 5.85. The summed E-state index contributed by atoms with van der Waals surface area (Å²) in [4.78, 5) is 4.08. The summed E-state index contributed by atoms with van der Waals surface area (Å²) in [6.45, 7) is 1.78. The number of benzene rings is 3. The molecule has 0 radical (unpaired) electrons. The lowest BCUT2D eigenvalue weighted by molar-refractivity contribution is -0.137. The van der Waals surface area contributed by atoms with Gasteiger partial charge < -0.3 is 0 Å². The molecule has 0 spiro atoms. The van der Waals surface area contributed by atoms with Crippen molar-refractivity contribution >= 4 is 21.6 Å². The summed E-state index contributed by atoms with van der Waals surface area (Å²) in [5, 5.41) is -0.413. The van der Waals surface area contributed by atoms with Gasteiger partial charge in [0.15, 0.2) is 0 Å². The summed E-state index contributed by atoms with van der Waals surface area (Å²) in [6.07, 6.45) is -3.23. The van der Waals surface area contributed by atoms with Gasteiger partial charge in [0, 0.05) is 12.6 Å². The topological polar surface area (TPSA) is 59.1 Å². The fraction of sp³-hybridized carbons (Fsp3) is 0.148. The number of nitrogens with one attached hydrogen (secondary N) is 1. The normalized spacial score (nSPS) is 13.8. The average molecular weight is 549 g/mol. The number of aryl methyl sites for hydroxylation is 1. The Morgan fingerprint density at radius 1 is 0.892 bits per heavy atom. The zero-order valence-electron chi connectivity index (χ0n) is 19.4. The molecule has 0 aliphatic rings. The van der Waals surface area contributed by atoms with Crippen molar-refractivity contribution in [1.29, 1.82) is 0 Å². The molecule has 4 aromatic rings. The van der Waals surface area contributed by atoms with Gasteiger partial charge in [0.05, 0.1) is 21.2 Å². The van der Waals surface area contributed by atoms with Crippen molar-refractivity contribution in [3.8, 4) is 0 Å². The van der Waals surface area contributed by atoms with Crippen molar-refractivity contribution in [2.75, 3.05) is 0 Å². The van der Waals surface area contributed by atoms with Gasteiger partial charge >= 0.3 is 6.18 Å². The van der Waals surface area contributed by atoms with Crippen LogP contribution in [-0.4, -0.2) is 13.4 Å². The maximum absolute atomic E-state index is 13.8. The van der Waals surface area contributed by atoms with Crippen LogP contribution in [0, 0.1) is 12.7 Å². The first-order valence-electron chi connectivity index (χ1n) is 11.0. The Morgan fingerprint density at radius 3 is 2.22 bits per heavy atom. The van der Waals surface area contributed by atoms with Crippen LogP contribution in [0.3, 0.4) is 0 Å². The standard InChI is InChI=1S/C27H21ClF4N2O2S/c1-18-10-13-25(33-17-18)26(16-19-6-3-2-4-7-19,20-8-5-9-21(14-20)27(30,31)32)34-37(35,36)22-11-12-24(29)23(28)15-22/h2-15,17,34H,16H2,1H3. The summed E-state index contributed by atoms with van der Waals surface area (Å²) in [7, 11) is -4.45. The van der Waals surface area contributed by atoms with E-state index in [2.05, 4.69) is 9.71 Å². The van der Waals surface area contributed by atoms with E-state index in [0.717, 1.165) is 35.9 Å². The van der Waals surface area contributed by atoms with E-state index < -0.39 is 38.1 Å². The highest BCUT2D eigenvalue weighted by Crippen LogP contribution is 2.38. The predicted molar refractivity (Wildman–Crippen MR) is 133 cm³/mol. The second-order valence-corrected chi connectivity index (χ2v) is 10.6. The van der Waals surface area contributed by atoms with Gasteiger partial charge in [-0.3, -0.25) is 4.98 Å². The molecule has 1 atom stereocenters. The number of hydrogen-bond acceptors (Lipinski definition) is 3. The van der Waals surface area contributed by atoms with E-state index >= 15 is 0 Å². The van der Waals surface area contributed by atoms with Crippen LogP contribution >= 0.6 is 11.6 Å². The number of aromatic nitrogens is 1. The van der Waals surface area contributed by atoms with Crippen LogP contribution in [0.1, 0.15) is 27.9 Å². The van der Waals surface area contributed by atoms with E-state index in [-0.39, 0.29) is 22.6 Å². The molecule has 10 heteroatoms. The SMILES string of the molecule is Cc1ccc(C(Cc2ccccc2)(NS(=O)(=O)c2ccc(F)c(Cl)c2)c2cccc(C(F)(F)F)c2)nc1. The molecule has 0 saturated heterocycles. The smallest absolute Gasteiger partial charge is 0.259 e. The number of sulfonamides is 1. The number of hydrogen-bond donors (Lipinski definition) is 1. The number of pyridine rings is 1. The van der Waals surface area contributed by atoms with E-state index in [1.807, 2.05) is 0 Å². The Morgan fingerprint density at radius 2 is 1.59 bits per heavy atom. The monoisotopic (exact) mass is 548 g/mol. The average Bonchev–Trinajstić information content (AvgIpc) is 2.85. The molecule has 37 heavy (non-hydrogen) atoms. The highest BCUT2D eigenvalue weighted by Gasteiger charge is 2.42. The van der Waals surface area contributed by atoms with Crippen LogP contribution < -0.4 is 4.72 Å². The molecule has 3 aromatic carbocycles. The maximum Gasteiger partial charge on any atom is 0.416 e. The zero-order chi connectivity index (χ0) is 26.8. The highest BCUT2D eigenvalue weighted by atomic mass is 35.5. The van der Waals surface area contributed by atoms with E-state index in [1.54, 1.807) is 49.4 Å². The minimum absolute atomic E-state index is 0.0271. The first-order valence-corrected chi connectivity index (χ1v) is 12.9. The fourth-order valence-electron chi connectivity index (χ4n) is 4.00. The van der Waals surface area contributed by atoms with E-state index in [1.165, 1.54) is 18.3 Å². The summed E-state index contributed by atoms with van der Waals surface area (Å²) in [5.41, 5.74) is -1.09. The van der Waals surface area contributed by atoms with Gasteiger partial charge in [-0.1, -0.05) is 60.1 Å². The largest absolute Gasteiger partial charge is 0.416 e. The first-order chi connectivity index (χ1) is 17.4. The number of nitrogens with zero attached hydrogens (tertiary/aromatic N) is 1. The Bertz CT molecular complexity index is 1510. The molecule has 1 heterocycles. The quantitative estimate of drug-likeness (QED) is 0.263. The van der Waals surface area contributed by atoms with Gasteiger partial charge in [-0.15, -0.1) is 0 Å². The van der Waals surface area contributed by atoms with Crippen LogP contribution in [0.25, 0.3) is 0 Å². The summed E-state index contributed by atoms with van der Waals surface area (Å²) in [5.74, 6) is -0.811. The lowest BCUT2D eigenvalue weighted by Gasteiger charge is -2.35. The highest BCUT2D eigenvalue weighted by molar-refractivity contribution is 7.89. The van der Waals surface area contributed by atoms with E-state index in [4.69, 9.17) is 11.6 Å². The molecule has 0 saturated carbocycles. The van der Waals surface area contributed by atoms with Crippen molar-refractivity contribution in [3.05, 3.63) is 130 Å². The summed E-state index contributed by atoms with van der Waals surface area (Å²) >= 11 is 5.84. The number of rotatable bonds is 7. The lowest BCUT2D eigenvalue weighted by Crippen LogP contribution is -2.49. The molecule has 0 aliphatic carbocycles. The summed E-state index contributed by atoms with van der Waals surface area (Å²) < 4.78 is 84.8. The van der Waals surface area contributed by atoms with Gasteiger partial charge in [0.2, 0.25) is 10.0 Å². The van der Waals surface area contributed by atoms with Crippen LogP contribution in [0.2, 0.25) is 5.02 Å². The van der Waals surface area contributed by atoms with Crippen LogP contribution in [0.4, 0.5) is 17.6 Å². The molecule has 0 aliphatic heterocycles. The molecule has 1 N–H and O–H groups in total. The molecular formula is C27H21ClF4N2O2S. The molecule has 0 bridgehead atoms. The molecule has 1 aromatic heterocycles. The Labute approximate surface area is 217 Å². The Balaban J connectivity index is 2.00. The molecule has 192 valence electrons. The summed E-state index contributed by atoms with van der Waals surface area (Å²) in [6, 6.07) is 19.3. The fourth-order valence-corrected chi connectivity index (χ4v) is 5.64. The van der Waals surface area contributed by atoms with Crippen LogP contribution in [0.15, 0.2) is 96.0 Å². The van der Waals surface area contributed by atoms with Crippen LogP contribution in [0.5, 0.6) is 0 Å². The van der Waals surface area contributed by atoms with Crippen molar-refractivity contribution in [2.24, 2.45) is 0 Å². The van der Waals surface area contributed by atoms with Crippen molar-refractivity contribution in [2.45, 2.75) is 30.0 Å². The predicted octanol–water partition coefficient (Wildman–Crippen LogP) is 6.67. The van der Waals surface area contributed by atoms with Gasteiger partial charge in [-0.25, -0.2) is 12.8 Å². The van der Waals surface area contributed by atoms with Gasteiger partial charge in [0.25, 0.3) is 0 Å². The zero-order valence-corrected chi connectivity index (χ0v) is 21.0. The number of alkyl halides is 3. The molecule has 4 nitrogen and oxygen atoms in total. The molecular weight excluding hydrogens is 528 g/mol. The molecule has 0 amide bonds. The third-order valence-corrected chi connectivity index (χ3v) is 7.63. The minimum atomic E-state index is -4.67. The third kappa shape index (κ3) is 5.84.